The van der Waals surface area contributed by atoms with Gasteiger partial charge in [0.25, 0.3) is 0 Å². The summed E-state index contributed by atoms with van der Waals surface area (Å²) in [6, 6.07) is 8.21. The molecular formula is C18H20FN3O2. The number of aromatic nitrogens is 2. The monoisotopic (exact) mass is 329 g/mol. The van der Waals surface area contributed by atoms with Crippen LogP contribution < -0.4 is 4.74 Å². The average Bonchev–Trinajstić information content (AvgIpc) is 2.59. The first-order chi connectivity index (χ1) is 11.6. The van der Waals surface area contributed by atoms with Crippen LogP contribution in [0.4, 0.5) is 4.39 Å². The lowest BCUT2D eigenvalue weighted by molar-refractivity contribution is -0.132. The van der Waals surface area contributed by atoms with Crippen LogP contribution in [0, 0.1) is 12.7 Å². The number of ether oxygens (including phenoxy) is 1. The van der Waals surface area contributed by atoms with E-state index in [0.29, 0.717) is 19.5 Å². The number of hydrogen-bond acceptors (Lipinski definition) is 4. The molecule has 1 aromatic carbocycles. The summed E-state index contributed by atoms with van der Waals surface area (Å²) in [7, 11) is 0. The number of carbonyl (C=O) groups is 1. The average molecular weight is 329 g/mol. The number of amides is 1. The van der Waals surface area contributed by atoms with Crippen LogP contribution in [0.2, 0.25) is 0 Å². The minimum absolute atomic E-state index is 0.0427. The van der Waals surface area contributed by atoms with Crippen LogP contribution in [0.1, 0.15) is 24.0 Å². The lowest BCUT2D eigenvalue weighted by atomic mass is 10.1. The molecule has 5 nitrogen and oxygen atoms in total. The first-order valence-electron chi connectivity index (χ1n) is 8.07. The number of piperidine rings is 1. The third-order valence-electron chi connectivity index (χ3n) is 4.14. The van der Waals surface area contributed by atoms with E-state index >= 15 is 0 Å². The fourth-order valence-electron chi connectivity index (χ4n) is 2.73. The molecule has 0 bridgehead atoms. The van der Waals surface area contributed by atoms with E-state index in [2.05, 4.69) is 9.97 Å². The van der Waals surface area contributed by atoms with E-state index in [-0.39, 0.29) is 18.0 Å². The molecule has 126 valence electrons. The van der Waals surface area contributed by atoms with Crippen molar-refractivity contribution in [1.29, 1.82) is 0 Å². The van der Waals surface area contributed by atoms with Crippen molar-refractivity contribution in [3.8, 4) is 6.01 Å². The molecule has 0 N–H and O–H groups in total. The minimum Gasteiger partial charge on any atom is -0.460 e. The van der Waals surface area contributed by atoms with Crippen molar-refractivity contribution in [1.82, 2.24) is 14.9 Å². The van der Waals surface area contributed by atoms with Crippen LogP contribution in [-0.2, 0) is 11.2 Å². The highest BCUT2D eigenvalue weighted by Gasteiger charge is 2.24. The summed E-state index contributed by atoms with van der Waals surface area (Å²) in [6.45, 7) is 3.33. The minimum atomic E-state index is -0.487. The molecule has 0 aliphatic carbocycles. The first kappa shape index (κ1) is 16.4. The van der Waals surface area contributed by atoms with E-state index in [0.717, 1.165) is 30.8 Å². The number of aryl methyl sites for hydroxylation is 1. The lowest BCUT2D eigenvalue weighted by Crippen LogP contribution is -2.42. The van der Waals surface area contributed by atoms with Crippen LogP contribution in [0.3, 0.4) is 0 Å². The zero-order valence-corrected chi connectivity index (χ0v) is 13.6. The summed E-state index contributed by atoms with van der Waals surface area (Å²) >= 11 is 0. The van der Waals surface area contributed by atoms with Crippen molar-refractivity contribution in [2.45, 2.75) is 32.3 Å². The summed E-state index contributed by atoms with van der Waals surface area (Å²) in [5.74, 6) is -0.353. The normalized spacial score (nSPS) is 15.3. The quantitative estimate of drug-likeness (QED) is 0.865. The van der Waals surface area contributed by atoms with Gasteiger partial charge in [-0.1, -0.05) is 29.8 Å². The Labute approximate surface area is 140 Å². The summed E-state index contributed by atoms with van der Waals surface area (Å²) in [4.78, 5) is 21.8. The number of nitrogens with zero attached hydrogens (tertiary/aromatic N) is 3. The smallest absolute Gasteiger partial charge is 0.316 e. The van der Waals surface area contributed by atoms with Crippen molar-refractivity contribution in [2.24, 2.45) is 0 Å². The molecule has 0 atom stereocenters. The summed E-state index contributed by atoms with van der Waals surface area (Å²) < 4.78 is 18.4. The Kier molecular flexibility index (Phi) is 5.03. The maximum atomic E-state index is 12.8. The predicted molar refractivity (Wildman–Crippen MR) is 87.1 cm³/mol. The van der Waals surface area contributed by atoms with E-state index in [4.69, 9.17) is 4.74 Å². The van der Waals surface area contributed by atoms with Crippen molar-refractivity contribution in [3.63, 3.8) is 0 Å². The van der Waals surface area contributed by atoms with Gasteiger partial charge < -0.3 is 9.64 Å². The topological polar surface area (TPSA) is 55.3 Å². The van der Waals surface area contributed by atoms with E-state index in [1.165, 1.54) is 5.56 Å². The summed E-state index contributed by atoms with van der Waals surface area (Å²) in [5, 5.41) is 0. The Balaban J connectivity index is 1.48. The maximum Gasteiger partial charge on any atom is 0.316 e. The Hall–Kier alpha value is -2.50. The lowest BCUT2D eigenvalue weighted by Gasteiger charge is -2.31. The van der Waals surface area contributed by atoms with Gasteiger partial charge in [-0.15, -0.1) is 0 Å². The fourth-order valence-corrected chi connectivity index (χ4v) is 2.73. The number of likely N-dealkylation sites (tertiary alicyclic amines) is 1. The highest BCUT2D eigenvalue weighted by molar-refractivity contribution is 5.78. The van der Waals surface area contributed by atoms with E-state index in [1.54, 1.807) is 0 Å². The second-order valence-corrected chi connectivity index (χ2v) is 6.04. The summed E-state index contributed by atoms with van der Waals surface area (Å²) in [5.41, 5.74) is 2.22. The van der Waals surface area contributed by atoms with Crippen molar-refractivity contribution in [2.75, 3.05) is 13.1 Å². The van der Waals surface area contributed by atoms with Gasteiger partial charge in [0.15, 0.2) is 5.82 Å². The van der Waals surface area contributed by atoms with Crippen LogP contribution in [0.15, 0.2) is 36.7 Å². The molecule has 0 radical (unpaired) electrons. The molecule has 1 fully saturated rings. The fraction of sp³-hybridized carbons (Fsp3) is 0.389. The van der Waals surface area contributed by atoms with Gasteiger partial charge in [-0.3, -0.25) is 4.79 Å². The van der Waals surface area contributed by atoms with Gasteiger partial charge in [0, 0.05) is 25.9 Å². The molecule has 1 aliphatic rings. The highest BCUT2D eigenvalue weighted by atomic mass is 19.1. The zero-order valence-electron chi connectivity index (χ0n) is 13.6. The first-order valence-corrected chi connectivity index (χ1v) is 8.07. The molecular weight excluding hydrogens is 309 g/mol. The van der Waals surface area contributed by atoms with Gasteiger partial charge >= 0.3 is 6.01 Å². The number of hydrogen-bond donors (Lipinski definition) is 0. The van der Waals surface area contributed by atoms with Crippen LogP contribution in [0.5, 0.6) is 6.01 Å². The van der Waals surface area contributed by atoms with Gasteiger partial charge in [0.1, 0.15) is 6.10 Å². The second kappa shape index (κ2) is 7.38. The standard InChI is InChI=1S/C18H20FN3O2/c1-13-2-4-14(5-3-13)10-17(23)22-8-6-16(7-9-22)24-18-20-11-15(19)12-21-18/h2-5,11-12,16H,6-10H2,1H3. The third-order valence-corrected chi connectivity index (χ3v) is 4.14. The SMILES string of the molecule is Cc1ccc(CC(=O)N2CCC(Oc3ncc(F)cn3)CC2)cc1. The second-order valence-electron chi connectivity index (χ2n) is 6.04. The molecule has 24 heavy (non-hydrogen) atoms. The Morgan fingerprint density at radius 3 is 2.46 bits per heavy atom. The van der Waals surface area contributed by atoms with E-state index in [9.17, 15) is 9.18 Å². The van der Waals surface area contributed by atoms with Crippen LogP contribution >= 0.6 is 0 Å². The van der Waals surface area contributed by atoms with Gasteiger partial charge in [0.2, 0.25) is 5.91 Å². The zero-order chi connectivity index (χ0) is 16.9. The molecule has 2 aromatic rings. The van der Waals surface area contributed by atoms with Gasteiger partial charge in [-0.2, -0.15) is 0 Å². The molecule has 1 aromatic heterocycles. The van der Waals surface area contributed by atoms with Crippen molar-refractivity contribution in [3.05, 3.63) is 53.6 Å². The molecule has 0 saturated carbocycles. The molecule has 1 saturated heterocycles. The molecule has 1 amide bonds. The Morgan fingerprint density at radius 1 is 1.21 bits per heavy atom. The predicted octanol–water partition coefficient (Wildman–Crippen LogP) is 2.54. The van der Waals surface area contributed by atoms with Crippen LogP contribution in [0.25, 0.3) is 0 Å². The van der Waals surface area contributed by atoms with Crippen molar-refractivity contribution >= 4 is 5.91 Å². The van der Waals surface area contributed by atoms with E-state index < -0.39 is 5.82 Å². The number of carbonyl (C=O) groups excluding carboxylic acids is 1. The largest absolute Gasteiger partial charge is 0.460 e. The van der Waals surface area contributed by atoms with E-state index in [1.807, 2.05) is 36.1 Å². The molecule has 0 spiro atoms. The Bertz CT molecular complexity index is 680. The molecule has 6 heteroatoms. The molecule has 1 aliphatic heterocycles. The maximum absolute atomic E-state index is 12.8. The van der Waals surface area contributed by atoms with Gasteiger partial charge in [0.05, 0.1) is 18.8 Å². The Morgan fingerprint density at radius 2 is 1.83 bits per heavy atom. The third kappa shape index (κ3) is 4.28. The van der Waals surface area contributed by atoms with Crippen molar-refractivity contribution < 1.29 is 13.9 Å². The number of halogens is 1. The number of benzene rings is 1. The van der Waals surface area contributed by atoms with Gasteiger partial charge in [-0.25, -0.2) is 14.4 Å². The molecule has 3 rings (SSSR count). The van der Waals surface area contributed by atoms with Crippen LogP contribution in [-0.4, -0.2) is 40.0 Å². The molecule has 0 unspecified atom stereocenters. The molecule has 2 heterocycles. The summed E-state index contributed by atoms with van der Waals surface area (Å²) in [6.07, 6.45) is 4.00. The highest BCUT2D eigenvalue weighted by Crippen LogP contribution is 2.17. The van der Waals surface area contributed by atoms with Gasteiger partial charge in [-0.05, 0) is 12.5 Å². The number of rotatable bonds is 4.